The summed E-state index contributed by atoms with van der Waals surface area (Å²) in [5, 5.41) is 9.39. The molecule has 0 radical (unpaired) electrons. The zero-order valence-corrected chi connectivity index (χ0v) is 13.6. The van der Waals surface area contributed by atoms with E-state index in [1.807, 2.05) is 6.92 Å². The van der Waals surface area contributed by atoms with E-state index >= 15 is 0 Å². The van der Waals surface area contributed by atoms with Crippen LogP contribution in [0.1, 0.15) is 25.8 Å². The van der Waals surface area contributed by atoms with Crippen molar-refractivity contribution in [2.45, 2.75) is 31.8 Å². The molecule has 0 saturated carbocycles. The number of aliphatic hydroxyl groups is 1. The molecular weight excluding hydrogens is 290 g/mol. The third kappa shape index (κ3) is 4.56. The first-order valence-corrected chi connectivity index (χ1v) is 8.24. The van der Waals surface area contributed by atoms with Crippen molar-refractivity contribution in [3.8, 4) is 5.75 Å². The third-order valence-electron chi connectivity index (χ3n) is 2.86. The minimum Gasteiger partial charge on any atom is -0.493 e. The highest BCUT2D eigenvalue weighted by molar-refractivity contribution is 7.89. The van der Waals surface area contributed by atoms with Crippen molar-refractivity contribution in [2.75, 3.05) is 20.2 Å². The van der Waals surface area contributed by atoms with E-state index < -0.39 is 10.0 Å². The van der Waals surface area contributed by atoms with Crippen LogP contribution in [0.25, 0.3) is 0 Å². The number of benzene rings is 1. The van der Waals surface area contributed by atoms with Gasteiger partial charge in [0.25, 0.3) is 0 Å². The number of sulfonamides is 1. The van der Waals surface area contributed by atoms with Gasteiger partial charge in [-0.1, -0.05) is 19.1 Å². The van der Waals surface area contributed by atoms with Crippen molar-refractivity contribution >= 4 is 10.0 Å². The molecule has 0 atom stereocenters. The number of likely N-dealkylation sites (N-methyl/N-ethyl adjacent to an activating group) is 1. The topological polar surface area (TPSA) is 66.8 Å². The van der Waals surface area contributed by atoms with Gasteiger partial charge in [-0.15, -0.1) is 0 Å². The molecule has 0 aliphatic carbocycles. The van der Waals surface area contributed by atoms with Gasteiger partial charge >= 0.3 is 0 Å². The molecule has 5 nitrogen and oxygen atoms in total. The van der Waals surface area contributed by atoms with Gasteiger partial charge in [0.15, 0.2) is 0 Å². The van der Waals surface area contributed by atoms with E-state index in [4.69, 9.17) is 4.74 Å². The number of hydrogen-bond donors (Lipinski definition) is 1. The lowest BCUT2D eigenvalue weighted by Gasteiger charge is -2.18. The Labute approximate surface area is 126 Å². The van der Waals surface area contributed by atoms with Gasteiger partial charge in [0.05, 0.1) is 18.1 Å². The predicted octanol–water partition coefficient (Wildman–Crippen LogP) is 2.16. The lowest BCUT2D eigenvalue weighted by atomic mass is 10.2. The largest absolute Gasteiger partial charge is 0.493 e. The van der Waals surface area contributed by atoms with Gasteiger partial charge in [0, 0.05) is 19.2 Å². The SMILES string of the molecule is C=C(C)CN(C)S(=O)(=O)c1ccc(OCCC)c(CO)c1. The van der Waals surface area contributed by atoms with Gasteiger partial charge in [0.2, 0.25) is 10.0 Å². The summed E-state index contributed by atoms with van der Waals surface area (Å²) in [5.74, 6) is 0.515. The van der Waals surface area contributed by atoms with Crippen LogP contribution in [0.3, 0.4) is 0 Å². The van der Waals surface area contributed by atoms with Crippen molar-refractivity contribution in [3.63, 3.8) is 0 Å². The van der Waals surface area contributed by atoms with E-state index in [0.717, 1.165) is 12.0 Å². The molecule has 0 saturated heterocycles. The second-order valence-electron chi connectivity index (χ2n) is 4.99. The first-order chi connectivity index (χ1) is 9.82. The summed E-state index contributed by atoms with van der Waals surface area (Å²) in [4.78, 5) is 0.138. The molecule has 0 heterocycles. The molecule has 0 aliphatic heterocycles. The molecule has 0 aromatic heterocycles. The fraction of sp³-hybridized carbons (Fsp3) is 0.467. The summed E-state index contributed by atoms with van der Waals surface area (Å²) >= 11 is 0. The Morgan fingerprint density at radius 1 is 1.43 bits per heavy atom. The molecule has 0 unspecified atom stereocenters. The fourth-order valence-electron chi connectivity index (χ4n) is 1.84. The summed E-state index contributed by atoms with van der Waals surface area (Å²) in [5.41, 5.74) is 1.22. The molecule has 0 spiro atoms. The van der Waals surface area contributed by atoms with E-state index in [9.17, 15) is 13.5 Å². The summed E-state index contributed by atoms with van der Waals surface area (Å²) in [6.45, 7) is 7.97. The van der Waals surface area contributed by atoms with Crippen LogP contribution in [0, 0.1) is 0 Å². The number of rotatable bonds is 8. The highest BCUT2D eigenvalue weighted by Crippen LogP contribution is 2.24. The van der Waals surface area contributed by atoms with Gasteiger partial charge in [-0.25, -0.2) is 8.42 Å². The Balaban J connectivity index is 3.10. The zero-order valence-electron chi connectivity index (χ0n) is 12.8. The highest BCUT2D eigenvalue weighted by atomic mass is 32.2. The lowest BCUT2D eigenvalue weighted by molar-refractivity contribution is 0.262. The van der Waals surface area contributed by atoms with Gasteiger partial charge in [-0.3, -0.25) is 0 Å². The predicted molar refractivity (Wildman–Crippen MR) is 82.8 cm³/mol. The molecule has 21 heavy (non-hydrogen) atoms. The minimum atomic E-state index is -3.60. The van der Waals surface area contributed by atoms with Crippen molar-refractivity contribution in [2.24, 2.45) is 0 Å². The Morgan fingerprint density at radius 2 is 2.10 bits per heavy atom. The summed E-state index contributed by atoms with van der Waals surface area (Å²) in [6.07, 6.45) is 0.840. The zero-order chi connectivity index (χ0) is 16.0. The average Bonchev–Trinajstić information content (AvgIpc) is 2.43. The van der Waals surface area contributed by atoms with Crippen LogP contribution in [-0.4, -0.2) is 38.0 Å². The van der Waals surface area contributed by atoms with E-state index in [0.29, 0.717) is 17.9 Å². The van der Waals surface area contributed by atoms with E-state index in [2.05, 4.69) is 6.58 Å². The maximum Gasteiger partial charge on any atom is 0.243 e. The molecule has 1 N–H and O–H groups in total. The number of ether oxygens (including phenoxy) is 1. The first-order valence-electron chi connectivity index (χ1n) is 6.80. The minimum absolute atomic E-state index is 0.138. The quantitative estimate of drug-likeness (QED) is 0.747. The maximum atomic E-state index is 12.4. The first kappa shape index (κ1) is 17.7. The van der Waals surface area contributed by atoms with Gasteiger partial charge in [0.1, 0.15) is 5.75 Å². The standard InChI is InChI=1S/C15H23NO4S/c1-5-8-20-15-7-6-14(9-13(15)11-17)21(18,19)16(4)10-12(2)3/h6-7,9,17H,2,5,8,10-11H2,1,3-4H3. The van der Waals surface area contributed by atoms with Crippen molar-refractivity contribution < 1.29 is 18.3 Å². The lowest BCUT2D eigenvalue weighted by Crippen LogP contribution is -2.28. The average molecular weight is 313 g/mol. The Kier molecular flexibility index (Phi) is 6.39. The van der Waals surface area contributed by atoms with Gasteiger partial charge in [-0.05, 0) is 31.5 Å². The Morgan fingerprint density at radius 3 is 2.62 bits per heavy atom. The van der Waals surface area contributed by atoms with E-state index in [1.54, 1.807) is 13.0 Å². The normalized spacial score (nSPS) is 11.7. The Bertz CT molecular complexity index is 596. The molecule has 1 aromatic rings. The van der Waals surface area contributed by atoms with Crippen molar-refractivity contribution in [3.05, 3.63) is 35.9 Å². The van der Waals surface area contributed by atoms with E-state index in [-0.39, 0.29) is 18.0 Å². The van der Waals surface area contributed by atoms with Crippen molar-refractivity contribution in [1.82, 2.24) is 4.31 Å². The van der Waals surface area contributed by atoms with Gasteiger partial charge in [-0.2, -0.15) is 4.31 Å². The fourth-order valence-corrected chi connectivity index (χ4v) is 3.12. The Hall–Kier alpha value is -1.37. The maximum absolute atomic E-state index is 12.4. The monoisotopic (exact) mass is 313 g/mol. The van der Waals surface area contributed by atoms with Crippen LogP contribution in [-0.2, 0) is 16.6 Å². The molecule has 1 rings (SSSR count). The molecule has 0 aliphatic rings. The molecular formula is C15H23NO4S. The molecule has 0 amide bonds. The van der Waals surface area contributed by atoms with E-state index in [1.165, 1.54) is 23.5 Å². The van der Waals surface area contributed by atoms with Crippen LogP contribution >= 0.6 is 0 Å². The van der Waals surface area contributed by atoms with Crippen molar-refractivity contribution in [1.29, 1.82) is 0 Å². The second kappa shape index (κ2) is 7.59. The smallest absolute Gasteiger partial charge is 0.243 e. The number of nitrogens with zero attached hydrogens (tertiary/aromatic N) is 1. The van der Waals surface area contributed by atoms with Crippen LogP contribution in [0.5, 0.6) is 5.75 Å². The third-order valence-corrected chi connectivity index (χ3v) is 4.66. The van der Waals surface area contributed by atoms with Crippen LogP contribution in [0.15, 0.2) is 35.2 Å². The molecule has 0 fully saturated rings. The van der Waals surface area contributed by atoms with Crippen LogP contribution in [0.4, 0.5) is 0 Å². The number of aliphatic hydroxyl groups excluding tert-OH is 1. The molecule has 1 aromatic carbocycles. The molecule has 0 bridgehead atoms. The summed E-state index contributed by atoms with van der Waals surface area (Å²) in [7, 11) is -2.09. The van der Waals surface area contributed by atoms with Crippen LogP contribution < -0.4 is 4.74 Å². The molecule has 118 valence electrons. The second-order valence-corrected chi connectivity index (χ2v) is 7.04. The molecule has 6 heteroatoms. The van der Waals surface area contributed by atoms with Gasteiger partial charge < -0.3 is 9.84 Å². The number of hydrogen-bond acceptors (Lipinski definition) is 4. The highest BCUT2D eigenvalue weighted by Gasteiger charge is 2.21. The summed E-state index contributed by atoms with van der Waals surface area (Å²) < 4.78 is 31.6. The summed E-state index contributed by atoms with van der Waals surface area (Å²) in [6, 6.07) is 4.53. The van der Waals surface area contributed by atoms with Crippen LogP contribution in [0.2, 0.25) is 0 Å².